The van der Waals surface area contributed by atoms with Gasteiger partial charge in [0.15, 0.2) is 0 Å². The third-order valence-electron chi connectivity index (χ3n) is 1.24. The van der Waals surface area contributed by atoms with Crippen LogP contribution in [0, 0.1) is 0 Å². The Labute approximate surface area is 63.1 Å². The van der Waals surface area contributed by atoms with Crippen LogP contribution >= 0.6 is 11.8 Å². The van der Waals surface area contributed by atoms with E-state index in [4.69, 9.17) is 0 Å². The molecule has 1 rings (SSSR count). The molecule has 1 heterocycles. The highest BCUT2D eigenvalue weighted by atomic mass is 32.2. The van der Waals surface area contributed by atoms with Crippen LogP contribution in [-0.2, 0) is 9.53 Å². The third-order valence-corrected chi connectivity index (χ3v) is 2.22. The molecule has 1 unspecified atom stereocenters. The van der Waals surface area contributed by atoms with Gasteiger partial charge in [-0.1, -0.05) is 13.3 Å². The fraction of sp³-hybridized carbons (Fsp3) is 0.667. The lowest BCUT2D eigenvalue weighted by atomic mass is 10.2. The SMILES string of the molecule is CCCC1SC(=O)OC1=O. The van der Waals surface area contributed by atoms with Gasteiger partial charge in [0.2, 0.25) is 0 Å². The topological polar surface area (TPSA) is 43.4 Å². The molecule has 0 aliphatic carbocycles. The zero-order chi connectivity index (χ0) is 7.56. The fourth-order valence-corrected chi connectivity index (χ4v) is 1.64. The third kappa shape index (κ3) is 1.50. The number of thioether (sulfide) groups is 1. The first-order valence-electron chi connectivity index (χ1n) is 3.16. The first kappa shape index (κ1) is 7.60. The molecule has 0 amide bonds. The summed E-state index contributed by atoms with van der Waals surface area (Å²) in [6, 6.07) is 0. The van der Waals surface area contributed by atoms with Crippen molar-refractivity contribution < 1.29 is 14.3 Å². The van der Waals surface area contributed by atoms with Crippen LogP contribution in [0.15, 0.2) is 0 Å². The summed E-state index contributed by atoms with van der Waals surface area (Å²) < 4.78 is 4.31. The van der Waals surface area contributed by atoms with Gasteiger partial charge in [-0.2, -0.15) is 0 Å². The van der Waals surface area contributed by atoms with Crippen molar-refractivity contribution in [2.45, 2.75) is 25.0 Å². The minimum atomic E-state index is -0.455. The van der Waals surface area contributed by atoms with Gasteiger partial charge in [0.05, 0.1) is 0 Å². The van der Waals surface area contributed by atoms with E-state index >= 15 is 0 Å². The normalized spacial score (nSPS) is 25.1. The van der Waals surface area contributed by atoms with Crippen molar-refractivity contribution >= 4 is 23.0 Å². The Morgan fingerprint density at radius 3 is 2.70 bits per heavy atom. The van der Waals surface area contributed by atoms with Crippen LogP contribution in [0.4, 0.5) is 4.79 Å². The lowest BCUT2D eigenvalue weighted by Crippen LogP contribution is -2.10. The van der Waals surface area contributed by atoms with Crippen molar-refractivity contribution in [3.63, 3.8) is 0 Å². The van der Waals surface area contributed by atoms with Gasteiger partial charge in [-0.3, -0.25) is 4.79 Å². The summed E-state index contributed by atoms with van der Waals surface area (Å²) in [6.07, 6.45) is 1.63. The highest BCUT2D eigenvalue weighted by Gasteiger charge is 2.33. The lowest BCUT2D eigenvalue weighted by Gasteiger charge is -1.96. The fourth-order valence-electron chi connectivity index (χ4n) is 0.775. The maximum atomic E-state index is 10.7. The number of carbonyl (C=O) groups is 2. The summed E-state index contributed by atoms with van der Waals surface area (Å²) in [5.74, 6) is -0.378. The van der Waals surface area contributed by atoms with E-state index in [1.54, 1.807) is 0 Å². The average molecular weight is 160 g/mol. The van der Waals surface area contributed by atoms with Crippen molar-refractivity contribution in [3.8, 4) is 0 Å². The second-order valence-corrected chi connectivity index (χ2v) is 3.20. The molecule has 1 aliphatic heterocycles. The van der Waals surface area contributed by atoms with Crippen molar-refractivity contribution in [3.05, 3.63) is 0 Å². The van der Waals surface area contributed by atoms with Gasteiger partial charge < -0.3 is 4.74 Å². The average Bonchev–Trinajstić information content (AvgIpc) is 2.13. The second-order valence-electron chi connectivity index (χ2n) is 2.07. The second kappa shape index (κ2) is 3.05. The lowest BCUT2D eigenvalue weighted by molar-refractivity contribution is -0.134. The number of carbonyl (C=O) groups excluding carboxylic acids is 2. The van der Waals surface area contributed by atoms with Crippen LogP contribution in [0.3, 0.4) is 0 Å². The molecule has 1 saturated heterocycles. The summed E-state index contributed by atoms with van der Waals surface area (Å²) in [7, 11) is 0. The predicted molar refractivity (Wildman–Crippen MR) is 37.8 cm³/mol. The van der Waals surface area contributed by atoms with E-state index in [9.17, 15) is 9.59 Å². The van der Waals surface area contributed by atoms with E-state index in [0.29, 0.717) is 0 Å². The minimum Gasteiger partial charge on any atom is -0.384 e. The molecule has 56 valence electrons. The summed E-state index contributed by atoms with van der Waals surface area (Å²) in [4.78, 5) is 21.2. The van der Waals surface area contributed by atoms with Crippen LogP contribution < -0.4 is 0 Å². The molecule has 0 aromatic rings. The monoisotopic (exact) mass is 160 g/mol. The van der Waals surface area contributed by atoms with Gasteiger partial charge >= 0.3 is 11.3 Å². The van der Waals surface area contributed by atoms with Crippen LogP contribution in [0.25, 0.3) is 0 Å². The van der Waals surface area contributed by atoms with Crippen LogP contribution in [-0.4, -0.2) is 16.5 Å². The van der Waals surface area contributed by atoms with Crippen LogP contribution in [0.1, 0.15) is 19.8 Å². The van der Waals surface area contributed by atoms with E-state index in [1.807, 2.05) is 6.92 Å². The van der Waals surface area contributed by atoms with E-state index in [0.717, 1.165) is 24.6 Å². The maximum absolute atomic E-state index is 10.7. The highest BCUT2D eigenvalue weighted by Crippen LogP contribution is 2.26. The van der Waals surface area contributed by atoms with Gasteiger partial charge in [-0.05, 0) is 18.2 Å². The Hall–Kier alpha value is -0.510. The first-order chi connectivity index (χ1) is 4.74. The summed E-state index contributed by atoms with van der Waals surface area (Å²) >= 11 is 0.988. The van der Waals surface area contributed by atoms with Gasteiger partial charge in [0.25, 0.3) is 0 Å². The van der Waals surface area contributed by atoms with Gasteiger partial charge in [0.1, 0.15) is 5.25 Å². The van der Waals surface area contributed by atoms with Crippen molar-refractivity contribution in [1.82, 2.24) is 0 Å². The Morgan fingerprint density at radius 2 is 2.30 bits per heavy atom. The summed E-state index contributed by atoms with van der Waals surface area (Å²) in [5, 5.41) is -0.694. The molecule has 0 saturated carbocycles. The molecule has 1 fully saturated rings. The van der Waals surface area contributed by atoms with Crippen molar-refractivity contribution in [1.29, 1.82) is 0 Å². The highest BCUT2D eigenvalue weighted by molar-refractivity contribution is 8.14. The molecule has 4 heteroatoms. The van der Waals surface area contributed by atoms with Crippen LogP contribution in [0.2, 0.25) is 0 Å². The quantitative estimate of drug-likeness (QED) is 0.454. The molecule has 0 spiro atoms. The summed E-state index contributed by atoms with van der Waals surface area (Å²) in [6.45, 7) is 1.97. The Bertz CT molecular complexity index is 166. The molecule has 3 nitrogen and oxygen atoms in total. The zero-order valence-electron chi connectivity index (χ0n) is 5.62. The molecule has 0 aromatic heterocycles. The Morgan fingerprint density at radius 1 is 1.60 bits per heavy atom. The molecule has 0 aromatic carbocycles. The van der Waals surface area contributed by atoms with Crippen molar-refractivity contribution in [2.24, 2.45) is 0 Å². The molecule has 0 radical (unpaired) electrons. The molecular formula is C6H8O3S. The van der Waals surface area contributed by atoms with E-state index in [1.165, 1.54) is 0 Å². The Balaban J connectivity index is 2.46. The predicted octanol–water partition coefficient (Wildman–Crippen LogP) is 1.57. The number of esters is 1. The molecule has 0 bridgehead atoms. The molecule has 1 aliphatic rings. The number of cyclic esters (lactones) is 2. The summed E-state index contributed by atoms with van der Waals surface area (Å²) in [5.41, 5.74) is 0. The number of rotatable bonds is 2. The number of hydrogen-bond acceptors (Lipinski definition) is 4. The standard InChI is InChI=1S/C6H8O3S/c1-2-3-4-5(7)9-6(8)10-4/h4H,2-3H2,1H3. The van der Waals surface area contributed by atoms with Gasteiger partial charge in [0, 0.05) is 0 Å². The van der Waals surface area contributed by atoms with E-state index < -0.39 is 5.30 Å². The number of hydrogen-bond donors (Lipinski definition) is 0. The maximum Gasteiger partial charge on any atom is 0.375 e. The molecule has 0 N–H and O–H groups in total. The first-order valence-corrected chi connectivity index (χ1v) is 4.04. The zero-order valence-corrected chi connectivity index (χ0v) is 6.44. The largest absolute Gasteiger partial charge is 0.384 e. The van der Waals surface area contributed by atoms with Crippen LogP contribution in [0.5, 0.6) is 0 Å². The smallest absolute Gasteiger partial charge is 0.375 e. The van der Waals surface area contributed by atoms with E-state index in [2.05, 4.69) is 4.74 Å². The molecular weight excluding hydrogens is 152 g/mol. The Kier molecular flexibility index (Phi) is 2.32. The molecule has 1 atom stereocenters. The van der Waals surface area contributed by atoms with E-state index in [-0.39, 0.29) is 11.2 Å². The van der Waals surface area contributed by atoms with Crippen molar-refractivity contribution in [2.75, 3.05) is 0 Å². The minimum absolute atomic E-state index is 0.238. The van der Waals surface area contributed by atoms with Gasteiger partial charge in [-0.15, -0.1) is 0 Å². The number of ether oxygens (including phenoxy) is 1. The molecule has 10 heavy (non-hydrogen) atoms. The van der Waals surface area contributed by atoms with Gasteiger partial charge in [-0.25, -0.2) is 4.79 Å².